The van der Waals surface area contributed by atoms with Crippen molar-refractivity contribution < 1.29 is 20.1 Å². The Bertz CT molecular complexity index is 906. The maximum Gasteiger partial charge on any atom is 0.255 e. The van der Waals surface area contributed by atoms with E-state index in [1.54, 1.807) is 34.8 Å². The van der Waals surface area contributed by atoms with Crippen LogP contribution in [0.4, 0.5) is 0 Å². The molecule has 1 saturated carbocycles. The van der Waals surface area contributed by atoms with Crippen LogP contribution in [0.5, 0.6) is 0 Å². The number of hydrogen-bond acceptors (Lipinski definition) is 5. The molecule has 1 amide bonds. The minimum absolute atomic E-state index is 0.184. The monoisotopic (exact) mass is 449 g/mol. The molecule has 3 rings (SSSR count). The first-order valence-corrected chi connectivity index (χ1v) is 11.2. The Kier molecular flexibility index (Phi) is 7.75. The van der Waals surface area contributed by atoms with Crippen molar-refractivity contribution in [2.75, 3.05) is 20.2 Å². The van der Waals surface area contributed by atoms with Crippen LogP contribution in [0.1, 0.15) is 54.6 Å². The molecule has 31 heavy (non-hydrogen) atoms. The van der Waals surface area contributed by atoms with Gasteiger partial charge in [0.2, 0.25) is 0 Å². The predicted molar refractivity (Wildman–Crippen MR) is 120 cm³/mol. The number of aromatic nitrogens is 2. The van der Waals surface area contributed by atoms with Gasteiger partial charge in [0.15, 0.2) is 0 Å². The third-order valence-electron chi connectivity index (χ3n) is 5.98. The maximum atomic E-state index is 13.2. The number of benzene rings is 1. The first-order valence-electron chi connectivity index (χ1n) is 10.8. The molecular weight excluding hydrogens is 418 g/mol. The van der Waals surface area contributed by atoms with Crippen LogP contribution in [-0.2, 0) is 6.54 Å². The molecule has 8 heteroatoms. The van der Waals surface area contributed by atoms with Crippen LogP contribution in [0.25, 0.3) is 11.3 Å². The molecule has 1 aromatic carbocycles. The highest BCUT2D eigenvalue weighted by Crippen LogP contribution is 2.30. The zero-order chi connectivity index (χ0) is 22.6. The summed E-state index contributed by atoms with van der Waals surface area (Å²) in [5.74, 6) is -0.239. The lowest BCUT2D eigenvalue weighted by molar-refractivity contribution is -0.00138. The summed E-state index contributed by atoms with van der Waals surface area (Å²) in [5.41, 5.74) is 1.72. The third kappa shape index (κ3) is 5.86. The van der Waals surface area contributed by atoms with Gasteiger partial charge in [-0.3, -0.25) is 9.48 Å². The van der Waals surface area contributed by atoms with Gasteiger partial charge in [-0.15, -0.1) is 0 Å². The molecular formula is C23H32ClN3O4. The summed E-state index contributed by atoms with van der Waals surface area (Å²) >= 11 is 6.35. The molecule has 1 atom stereocenters. The molecule has 1 heterocycles. The summed E-state index contributed by atoms with van der Waals surface area (Å²) in [5, 5.41) is 34.6. The Morgan fingerprint density at radius 1 is 1.26 bits per heavy atom. The molecule has 1 aromatic heterocycles. The number of rotatable bonds is 7. The van der Waals surface area contributed by atoms with Gasteiger partial charge in [-0.05, 0) is 38.0 Å². The molecule has 1 aliphatic carbocycles. The Labute approximate surface area is 188 Å². The van der Waals surface area contributed by atoms with Gasteiger partial charge in [0.05, 0.1) is 41.1 Å². The average Bonchev–Trinajstić information content (AvgIpc) is 2.96. The van der Waals surface area contributed by atoms with Crippen molar-refractivity contribution in [3.05, 3.63) is 40.5 Å². The van der Waals surface area contributed by atoms with Gasteiger partial charge in [0.25, 0.3) is 5.91 Å². The Hall–Kier alpha value is -1.93. The van der Waals surface area contributed by atoms with Gasteiger partial charge in [0, 0.05) is 24.8 Å². The van der Waals surface area contributed by atoms with Crippen molar-refractivity contribution in [1.29, 1.82) is 0 Å². The van der Waals surface area contributed by atoms with Crippen LogP contribution in [0, 0.1) is 6.92 Å². The zero-order valence-electron chi connectivity index (χ0n) is 18.2. The van der Waals surface area contributed by atoms with Gasteiger partial charge in [-0.1, -0.05) is 43.4 Å². The van der Waals surface area contributed by atoms with Crippen molar-refractivity contribution in [1.82, 2.24) is 14.7 Å². The maximum absolute atomic E-state index is 13.2. The van der Waals surface area contributed by atoms with Crippen molar-refractivity contribution in [2.45, 2.75) is 63.7 Å². The van der Waals surface area contributed by atoms with E-state index in [1.165, 1.54) is 0 Å². The van der Waals surface area contributed by atoms with E-state index in [1.807, 2.05) is 13.0 Å². The lowest BCUT2D eigenvalue weighted by atomic mass is 9.93. The minimum atomic E-state index is -0.891. The number of hydrogen-bond donors (Lipinski definition) is 3. The van der Waals surface area contributed by atoms with E-state index in [0.717, 1.165) is 36.9 Å². The zero-order valence-corrected chi connectivity index (χ0v) is 19.0. The number of aliphatic hydroxyl groups excluding tert-OH is 2. The molecule has 0 saturated heterocycles. The fourth-order valence-electron chi connectivity index (χ4n) is 4.21. The number of carbonyl (C=O) groups is 1. The quantitative estimate of drug-likeness (QED) is 0.564. The topological polar surface area (TPSA) is 98.8 Å². The molecule has 0 aliphatic heterocycles. The van der Waals surface area contributed by atoms with Crippen LogP contribution < -0.4 is 0 Å². The Morgan fingerprint density at radius 3 is 2.58 bits per heavy atom. The van der Waals surface area contributed by atoms with Crippen molar-refractivity contribution in [3.63, 3.8) is 0 Å². The average molecular weight is 450 g/mol. The molecule has 0 radical (unpaired) electrons. The number of amides is 1. The highest BCUT2D eigenvalue weighted by Gasteiger charge is 2.31. The number of nitrogens with zero attached hydrogens (tertiary/aromatic N) is 3. The highest BCUT2D eigenvalue weighted by atomic mass is 35.5. The number of carbonyl (C=O) groups excluding carboxylic acids is 1. The van der Waals surface area contributed by atoms with E-state index >= 15 is 0 Å². The van der Waals surface area contributed by atoms with E-state index < -0.39 is 11.7 Å². The molecule has 3 N–H and O–H groups in total. The number of halogens is 1. The van der Waals surface area contributed by atoms with Crippen LogP contribution in [0.2, 0.25) is 5.02 Å². The molecule has 7 nitrogen and oxygen atoms in total. The first-order chi connectivity index (χ1) is 14.7. The molecule has 0 spiro atoms. The van der Waals surface area contributed by atoms with Crippen LogP contribution in [-0.4, -0.2) is 67.8 Å². The number of likely N-dealkylation sites (N-methyl/N-ethyl adjacent to an activating group) is 1. The largest absolute Gasteiger partial charge is 0.394 e. The van der Waals surface area contributed by atoms with Gasteiger partial charge in [0.1, 0.15) is 0 Å². The van der Waals surface area contributed by atoms with Gasteiger partial charge in [-0.2, -0.15) is 5.10 Å². The fraction of sp³-hybridized carbons (Fsp3) is 0.565. The molecule has 0 bridgehead atoms. The Morgan fingerprint density at radius 2 is 1.94 bits per heavy atom. The summed E-state index contributed by atoms with van der Waals surface area (Å²) in [6.07, 6.45) is 4.70. The van der Waals surface area contributed by atoms with E-state index in [2.05, 4.69) is 5.10 Å². The van der Waals surface area contributed by atoms with E-state index in [0.29, 0.717) is 29.1 Å². The fourth-order valence-corrected chi connectivity index (χ4v) is 4.40. The van der Waals surface area contributed by atoms with Crippen molar-refractivity contribution in [3.8, 4) is 11.3 Å². The van der Waals surface area contributed by atoms with Gasteiger partial charge >= 0.3 is 0 Å². The Balaban J connectivity index is 1.80. The second-order valence-electron chi connectivity index (χ2n) is 8.68. The predicted octanol–water partition coefficient (Wildman–Crippen LogP) is 3.02. The minimum Gasteiger partial charge on any atom is -0.394 e. The SMILES string of the molecule is Cc1cc(-c2ccc(Cl)c(C(=O)N(C)CC3(O)CCCCCC3)c2)nn1C[C@@H](O)CO. The van der Waals surface area contributed by atoms with Crippen molar-refractivity contribution in [2.24, 2.45) is 0 Å². The normalized spacial score (nSPS) is 17.2. The second kappa shape index (κ2) is 10.1. The summed E-state index contributed by atoms with van der Waals surface area (Å²) in [4.78, 5) is 14.7. The lowest BCUT2D eigenvalue weighted by Crippen LogP contribution is -2.43. The number of aliphatic hydroxyl groups is 3. The molecule has 0 unspecified atom stereocenters. The van der Waals surface area contributed by atoms with Gasteiger partial charge < -0.3 is 20.2 Å². The second-order valence-corrected chi connectivity index (χ2v) is 9.09. The standard InChI is InChI=1S/C23H32ClN3O4/c1-16-11-21(25-27(16)13-18(29)14-28)17-7-8-20(24)19(12-17)22(30)26(2)15-23(31)9-5-3-4-6-10-23/h7-8,11-12,18,28-29,31H,3-6,9-10,13-15H2,1-2H3/t18-/m1/s1. The lowest BCUT2D eigenvalue weighted by Gasteiger charge is -2.32. The van der Waals surface area contributed by atoms with E-state index in [-0.39, 0.29) is 25.6 Å². The van der Waals surface area contributed by atoms with E-state index in [4.69, 9.17) is 16.7 Å². The smallest absolute Gasteiger partial charge is 0.255 e. The summed E-state index contributed by atoms with van der Waals surface area (Å²) in [7, 11) is 1.70. The molecule has 2 aromatic rings. The van der Waals surface area contributed by atoms with Crippen molar-refractivity contribution >= 4 is 17.5 Å². The first kappa shape index (κ1) is 23.7. The van der Waals surface area contributed by atoms with E-state index in [9.17, 15) is 15.0 Å². The molecule has 170 valence electrons. The van der Waals surface area contributed by atoms with Gasteiger partial charge in [-0.25, -0.2) is 0 Å². The third-order valence-corrected chi connectivity index (χ3v) is 6.31. The molecule has 1 fully saturated rings. The van der Waals surface area contributed by atoms with Crippen LogP contribution >= 0.6 is 11.6 Å². The van der Waals surface area contributed by atoms with Crippen LogP contribution in [0.3, 0.4) is 0 Å². The summed E-state index contributed by atoms with van der Waals surface area (Å²) < 4.78 is 1.63. The summed E-state index contributed by atoms with van der Waals surface area (Å²) in [6.45, 7) is 1.99. The number of aryl methyl sites for hydroxylation is 1. The van der Waals surface area contributed by atoms with Crippen LogP contribution in [0.15, 0.2) is 24.3 Å². The highest BCUT2D eigenvalue weighted by molar-refractivity contribution is 6.34. The summed E-state index contributed by atoms with van der Waals surface area (Å²) in [6, 6.07) is 7.05. The molecule has 1 aliphatic rings.